The molecule has 0 aliphatic heterocycles. The first kappa shape index (κ1) is 38.3. The summed E-state index contributed by atoms with van der Waals surface area (Å²) < 4.78 is 6.98. The molecular weight excluding hydrogens is 1100 g/mol. The van der Waals surface area contributed by atoms with Crippen molar-refractivity contribution >= 4 is 145 Å². The third-order valence-corrected chi connectivity index (χ3v) is 12.5. The Morgan fingerprint density at radius 3 is 1.24 bits per heavy atom. The maximum Gasteiger partial charge on any atom is 1.00 e. The van der Waals surface area contributed by atoms with E-state index in [-0.39, 0.29) is 17.1 Å². The second kappa shape index (κ2) is 17.6. The van der Waals surface area contributed by atoms with Gasteiger partial charge in [-0.1, -0.05) is 15.9 Å². The molecule has 0 aliphatic carbocycles. The Morgan fingerprint density at radius 2 is 0.854 bits per heavy atom. The Kier molecular flexibility index (Phi) is 16.4. The van der Waals surface area contributed by atoms with Crippen molar-refractivity contribution < 1.29 is 17.1 Å². The van der Waals surface area contributed by atoms with E-state index in [1.807, 2.05) is 36.4 Å². The molecule has 4 aromatic rings. The smallest absolute Gasteiger partial charge is 0.512 e. The van der Waals surface area contributed by atoms with Crippen LogP contribution in [0.2, 0.25) is 0 Å². The normalized spacial score (nSPS) is 9.56. The van der Waals surface area contributed by atoms with E-state index in [1.54, 1.807) is 12.1 Å². The van der Waals surface area contributed by atoms with Gasteiger partial charge in [-0.3, -0.25) is 0 Å². The first-order valence-electron chi connectivity index (χ1n) is 10.4. The number of hydrogen-bond donors (Lipinski definition) is 2. The fourth-order valence-corrected chi connectivity index (χ4v) is 6.07. The predicted molar refractivity (Wildman–Crippen MR) is 190 cm³/mol. The van der Waals surface area contributed by atoms with E-state index in [1.165, 1.54) is 0 Å². The standard InChI is InChI=1S/C14H4Br4N2.C12H8Br4N2.CN.Cu/c1-20-14-5-13(18)12(17)4-9(14)8-3-11(16)10(15)2-7(8)6-19;13-7-1-5(11(17)3-9(7)15)6-2-8(14)10(16)4-12(6)18;1-2;/h2-5H;1-4H,17-18H2;;/q;;-1;+1. The zero-order valence-electron chi connectivity index (χ0n) is 19.9. The molecular formula is C27H12Br8CuN5. The third kappa shape index (κ3) is 9.65. The molecule has 0 spiro atoms. The molecule has 0 unspecified atom stereocenters. The van der Waals surface area contributed by atoms with Crippen molar-refractivity contribution in [3.8, 4) is 28.3 Å². The molecule has 5 nitrogen and oxygen atoms in total. The van der Waals surface area contributed by atoms with Crippen LogP contribution in [0.1, 0.15) is 5.56 Å². The Hall–Kier alpha value is -0.691. The van der Waals surface area contributed by atoms with Crippen molar-refractivity contribution in [2.75, 3.05) is 11.5 Å². The van der Waals surface area contributed by atoms with Crippen molar-refractivity contribution in [1.29, 1.82) is 10.5 Å². The van der Waals surface area contributed by atoms with Crippen LogP contribution in [-0.2, 0) is 17.1 Å². The van der Waals surface area contributed by atoms with Gasteiger partial charge in [0, 0.05) is 58.3 Å². The molecule has 0 fully saturated rings. The molecule has 0 aromatic heterocycles. The maximum atomic E-state index is 9.30. The molecule has 0 aliphatic rings. The van der Waals surface area contributed by atoms with Gasteiger partial charge in [-0.15, -0.1) is 0 Å². The second-order valence-corrected chi connectivity index (χ2v) is 14.4. The largest absolute Gasteiger partial charge is 1.00 e. The number of benzene rings is 4. The van der Waals surface area contributed by atoms with E-state index in [4.69, 9.17) is 29.9 Å². The Balaban J connectivity index is 0.000000380. The van der Waals surface area contributed by atoms with Crippen LogP contribution in [0, 0.1) is 29.7 Å². The van der Waals surface area contributed by atoms with E-state index in [9.17, 15) is 5.26 Å². The Morgan fingerprint density at radius 1 is 0.537 bits per heavy atom. The number of hydrogen-bond acceptors (Lipinski definition) is 4. The third-order valence-electron chi connectivity index (χ3n) is 5.11. The monoisotopic (exact) mass is 1100 g/mol. The zero-order chi connectivity index (χ0) is 30.3. The molecule has 14 heteroatoms. The van der Waals surface area contributed by atoms with Gasteiger partial charge in [0.05, 0.1) is 18.2 Å². The van der Waals surface area contributed by atoms with E-state index >= 15 is 0 Å². The minimum absolute atomic E-state index is 0. The van der Waals surface area contributed by atoms with Crippen molar-refractivity contribution in [2.24, 2.45) is 0 Å². The molecule has 4 rings (SSSR count). The SMILES string of the molecule is Nc1cc(Br)c(Br)cc1-c1cc(Br)c(Br)cc1N.[C-]#N.[C-]#[N+]c1cc(Br)c(Br)cc1-c1cc(Br)c(Br)cc1C#N.[Cu+]. The topological polar surface area (TPSA) is 104 Å². The van der Waals surface area contributed by atoms with Gasteiger partial charge in [0.15, 0.2) is 5.69 Å². The van der Waals surface area contributed by atoms with Gasteiger partial charge in [0.2, 0.25) is 0 Å². The van der Waals surface area contributed by atoms with Crippen LogP contribution >= 0.6 is 127 Å². The van der Waals surface area contributed by atoms with Crippen LogP contribution in [0.4, 0.5) is 17.1 Å². The summed E-state index contributed by atoms with van der Waals surface area (Å²) in [6.07, 6.45) is 0. The number of halogens is 8. The van der Waals surface area contributed by atoms with E-state index in [2.05, 4.69) is 138 Å². The molecule has 0 saturated carbocycles. The minimum Gasteiger partial charge on any atom is -0.512 e. The first-order chi connectivity index (χ1) is 18.9. The van der Waals surface area contributed by atoms with Crippen LogP contribution in [0.3, 0.4) is 0 Å². The summed E-state index contributed by atoms with van der Waals surface area (Å²) in [4.78, 5) is 3.54. The van der Waals surface area contributed by atoms with E-state index in [0.717, 1.165) is 58.0 Å². The van der Waals surface area contributed by atoms with Gasteiger partial charge in [-0.05, 0) is 171 Å². The van der Waals surface area contributed by atoms with Gasteiger partial charge in [0.25, 0.3) is 0 Å². The Bertz CT molecular complexity index is 1590. The van der Waals surface area contributed by atoms with Gasteiger partial charge < -0.3 is 23.3 Å². The van der Waals surface area contributed by atoms with Gasteiger partial charge >= 0.3 is 17.1 Å². The number of anilines is 2. The fourth-order valence-electron chi connectivity index (χ4n) is 3.30. The van der Waals surface area contributed by atoms with Crippen molar-refractivity contribution in [3.63, 3.8) is 0 Å². The molecule has 0 bridgehead atoms. The zero-order valence-corrected chi connectivity index (χ0v) is 33.6. The fraction of sp³-hybridized carbons (Fsp3) is 0. The molecule has 4 N–H and O–H groups in total. The summed E-state index contributed by atoms with van der Waals surface area (Å²) >= 11 is 27.4. The summed E-state index contributed by atoms with van der Waals surface area (Å²) in [5, 5.41) is 15.5. The summed E-state index contributed by atoms with van der Waals surface area (Å²) in [6, 6.07) is 16.9. The number of nitrogen functional groups attached to an aromatic ring is 2. The minimum atomic E-state index is 0. The summed E-state index contributed by atoms with van der Waals surface area (Å²) in [6.45, 7) is 12.1. The second-order valence-electron chi connectivity index (χ2n) is 7.53. The molecule has 41 heavy (non-hydrogen) atoms. The van der Waals surface area contributed by atoms with Crippen molar-refractivity contribution in [1.82, 2.24) is 0 Å². The first-order valence-corrected chi connectivity index (χ1v) is 16.7. The van der Waals surface area contributed by atoms with E-state index in [0.29, 0.717) is 22.6 Å². The number of rotatable bonds is 2. The number of nitriles is 1. The summed E-state index contributed by atoms with van der Waals surface area (Å²) in [5.74, 6) is 0. The number of nitrogens with two attached hydrogens (primary N) is 2. The molecule has 0 atom stereocenters. The molecule has 0 heterocycles. The molecule has 4 aromatic carbocycles. The van der Waals surface area contributed by atoms with Gasteiger partial charge in [0.1, 0.15) is 0 Å². The molecule has 0 amide bonds. The maximum absolute atomic E-state index is 9.30. The van der Waals surface area contributed by atoms with Crippen molar-refractivity contribution in [2.45, 2.75) is 0 Å². The quantitative estimate of drug-likeness (QED) is 0.119. The van der Waals surface area contributed by atoms with E-state index < -0.39 is 0 Å². The molecule has 0 saturated heterocycles. The van der Waals surface area contributed by atoms with Crippen LogP contribution in [0.5, 0.6) is 0 Å². The summed E-state index contributed by atoms with van der Waals surface area (Å²) in [7, 11) is 0. The van der Waals surface area contributed by atoms with Crippen molar-refractivity contribution in [3.05, 3.63) is 108 Å². The van der Waals surface area contributed by atoms with Crippen LogP contribution in [0.25, 0.3) is 27.1 Å². The Labute approximate surface area is 315 Å². The van der Waals surface area contributed by atoms with Crippen LogP contribution in [-0.4, -0.2) is 0 Å². The average molecular weight is 1110 g/mol. The average Bonchev–Trinajstić information content (AvgIpc) is 2.92. The van der Waals surface area contributed by atoms with Gasteiger partial charge in [-0.2, -0.15) is 5.26 Å². The van der Waals surface area contributed by atoms with Gasteiger partial charge in [-0.25, -0.2) is 4.85 Å². The molecule has 0 radical (unpaired) electrons. The van der Waals surface area contributed by atoms with Crippen LogP contribution < -0.4 is 11.5 Å². The number of nitrogens with zero attached hydrogens (tertiary/aromatic N) is 3. The summed E-state index contributed by atoms with van der Waals surface area (Å²) in [5.41, 5.74) is 17.7. The molecule has 212 valence electrons. The van der Waals surface area contributed by atoms with Crippen LogP contribution in [0.15, 0.2) is 84.3 Å². The predicted octanol–water partition coefficient (Wildman–Crippen LogP) is 12.5.